The van der Waals surface area contributed by atoms with E-state index in [9.17, 15) is 22.4 Å². The van der Waals surface area contributed by atoms with E-state index >= 15 is 0 Å². The van der Waals surface area contributed by atoms with E-state index in [-0.39, 0.29) is 6.54 Å². The molecule has 0 atom stereocenters. The summed E-state index contributed by atoms with van der Waals surface area (Å²) in [6.07, 6.45) is 1.09. The summed E-state index contributed by atoms with van der Waals surface area (Å²) in [7, 11) is 0. The van der Waals surface area contributed by atoms with E-state index in [1.807, 2.05) is 18.2 Å². The Morgan fingerprint density at radius 2 is 1.90 bits per heavy atom. The van der Waals surface area contributed by atoms with E-state index in [0.29, 0.717) is 63.8 Å². The van der Waals surface area contributed by atoms with Crippen molar-refractivity contribution in [3.05, 3.63) is 105 Å². The summed E-state index contributed by atoms with van der Waals surface area (Å²) in [4.78, 5) is 18.9. The summed E-state index contributed by atoms with van der Waals surface area (Å²) < 4.78 is 55.5. The third-order valence-corrected chi connectivity index (χ3v) is 7.35. The summed E-state index contributed by atoms with van der Waals surface area (Å²) in [5.41, 5.74) is 2.33. The number of rotatable bonds is 5. The van der Waals surface area contributed by atoms with Crippen LogP contribution in [-0.4, -0.2) is 33.6 Å². The van der Waals surface area contributed by atoms with Crippen molar-refractivity contribution >= 4 is 46.2 Å². The second-order valence-electron chi connectivity index (χ2n) is 9.20. The Balaban J connectivity index is 1.42. The van der Waals surface area contributed by atoms with Gasteiger partial charge in [0.25, 0.3) is 0 Å². The molecule has 5 rings (SSSR count). The van der Waals surface area contributed by atoms with Gasteiger partial charge < -0.3 is 5.32 Å². The van der Waals surface area contributed by atoms with E-state index in [1.165, 1.54) is 22.9 Å². The lowest BCUT2D eigenvalue weighted by Gasteiger charge is -2.27. The number of nitrogens with one attached hydrogen (secondary N) is 1. The molecule has 4 aromatic rings. The molecule has 0 radical (unpaired) electrons. The first kappa shape index (κ1) is 27.2. The number of hydrogen-bond acceptors (Lipinski definition) is 3. The Hall–Kier alpha value is -3.40. The summed E-state index contributed by atoms with van der Waals surface area (Å²) >= 11 is 12.0. The van der Waals surface area contributed by atoms with Crippen LogP contribution in [0.4, 0.5) is 22.4 Å². The number of carbonyl (C=O) groups excluding carboxylic acids is 1. The van der Waals surface area contributed by atoms with Gasteiger partial charge in [0.15, 0.2) is 0 Å². The average Bonchev–Trinajstić information content (AvgIpc) is 3.22. The highest BCUT2D eigenvalue weighted by atomic mass is 35.5. The molecule has 39 heavy (non-hydrogen) atoms. The highest BCUT2D eigenvalue weighted by Crippen LogP contribution is 2.36. The van der Waals surface area contributed by atoms with Gasteiger partial charge in [0.05, 0.1) is 21.1 Å². The van der Waals surface area contributed by atoms with Crippen molar-refractivity contribution in [2.75, 3.05) is 13.1 Å². The Morgan fingerprint density at radius 3 is 2.64 bits per heavy atom. The molecule has 2 aromatic carbocycles. The average molecular weight is 577 g/mol. The number of nitrogens with zero attached hydrogens (tertiary/aromatic N) is 3. The normalized spacial score (nSPS) is 14.2. The summed E-state index contributed by atoms with van der Waals surface area (Å²) in [5.74, 6) is -0.668. The van der Waals surface area contributed by atoms with Crippen LogP contribution in [-0.2, 0) is 25.7 Å². The first-order chi connectivity index (χ1) is 18.6. The molecule has 5 nitrogen and oxygen atoms in total. The first-order valence-electron chi connectivity index (χ1n) is 12.1. The van der Waals surface area contributed by atoms with E-state index in [2.05, 4.69) is 15.2 Å². The van der Waals surface area contributed by atoms with E-state index in [0.717, 1.165) is 17.7 Å². The monoisotopic (exact) mass is 576 g/mol. The lowest BCUT2D eigenvalue weighted by Crippen LogP contribution is -2.34. The van der Waals surface area contributed by atoms with Gasteiger partial charge in [-0.15, -0.1) is 0 Å². The van der Waals surface area contributed by atoms with E-state index < -0.39 is 23.7 Å². The second kappa shape index (κ2) is 11.0. The number of hydrogen-bond donors (Lipinski definition) is 1. The fraction of sp³-hybridized carbons (Fsp3) is 0.214. The molecule has 0 aliphatic carbocycles. The highest BCUT2D eigenvalue weighted by molar-refractivity contribution is 6.42. The van der Waals surface area contributed by atoms with Gasteiger partial charge in [-0.3, -0.25) is 9.47 Å². The minimum absolute atomic E-state index is 0.0407. The SMILES string of the molecule is O=C(NCc1ccnc(F)c1)n1c2c(c3cc(C(F)(F)F)ccc31)CN(CC=Cc1ccc(Cl)c(Cl)c1)CC2. The Morgan fingerprint density at radius 1 is 1.08 bits per heavy atom. The maximum Gasteiger partial charge on any atom is 0.416 e. The van der Waals surface area contributed by atoms with Crippen LogP contribution >= 0.6 is 23.2 Å². The molecular weight excluding hydrogens is 555 g/mol. The molecule has 0 spiro atoms. The van der Waals surface area contributed by atoms with E-state index in [1.54, 1.807) is 18.2 Å². The molecule has 1 N–H and O–H groups in total. The third kappa shape index (κ3) is 5.95. The van der Waals surface area contributed by atoms with Crippen LogP contribution in [0.5, 0.6) is 0 Å². The van der Waals surface area contributed by atoms with Gasteiger partial charge in [0, 0.05) is 49.9 Å². The fourth-order valence-electron chi connectivity index (χ4n) is 4.74. The van der Waals surface area contributed by atoms with Crippen LogP contribution in [0.3, 0.4) is 0 Å². The van der Waals surface area contributed by atoms with Gasteiger partial charge in [-0.2, -0.15) is 17.6 Å². The molecular formula is C28H22Cl2F4N4O. The van der Waals surface area contributed by atoms with Crippen molar-refractivity contribution in [3.8, 4) is 0 Å². The number of carbonyl (C=O) groups is 1. The van der Waals surface area contributed by atoms with Crippen LogP contribution in [0.1, 0.15) is 27.9 Å². The minimum Gasteiger partial charge on any atom is -0.333 e. The van der Waals surface area contributed by atoms with Crippen LogP contribution in [0.25, 0.3) is 17.0 Å². The standard InChI is InChI=1S/C28H22Cl2F4N4O/c29-22-5-3-17(12-23(22)30)2-1-10-37-11-8-25-21(16-37)20-14-19(28(32,33)34)4-6-24(20)38(25)27(39)36-15-18-7-9-35-26(31)13-18/h1-7,9,12-14H,8,10-11,15-16H2,(H,36,39). The van der Waals surface area contributed by atoms with Gasteiger partial charge >= 0.3 is 12.2 Å². The molecule has 0 unspecified atom stereocenters. The zero-order valence-electron chi connectivity index (χ0n) is 20.4. The van der Waals surface area contributed by atoms with Crippen molar-refractivity contribution in [1.82, 2.24) is 19.8 Å². The molecule has 1 aliphatic heterocycles. The second-order valence-corrected chi connectivity index (χ2v) is 10.0. The topological polar surface area (TPSA) is 50.2 Å². The number of pyridine rings is 1. The number of halogens is 6. The number of benzene rings is 2. The largest absolute Gasteiger partial charge is 0.416 e. The number of alkyl halides is 3. The van der Waals surface area contributed by atoms with Crippen LogP contribution < -0.4 is 5.32 Å². The van der Waals surface area contributed by atoms with Crippen LogP contribution in [0.15, 0.2) is 60.8 Å². The van der Waals surface area contributed by atoms with Crippen molar-refractivity contribution in [1.29, 1.82) is 0 Å². The molecule has 1 amide bonds. The van der Waals surface area contributed by atoms with E-state index in [4.69, 9.17) is 23.2 Å². The molecule has 3 heterocycles. The smallest absolute Gasteiger partial charge is 0.333 e. The van der Waals surface area contributed by atoms with Crippen LogP contribution in [0.2, 0.25) is 10.0 Å². The summed E-state index contributed by atoms with van der Waals surface area (Å²) in [5, 5.41) is 4.04. The molecule has 0 fully saturated rings. The number of fused-ring (bicyclic) bond motifs is 3. The van der Waals surface area contributed by atoms with Gasteiger partial charge in [-0.1, -0.05) is 41.4 Å². The lowest BCUT2D eigenvalue weighted by molar-refractivity contribution is -0.137. The van der Waals surface area contributed by atoms with Crippen molar-refractivity contribution in [2.24, 2.45) is 0 Å². The van der Waals surface area contributed by atoms with Gasteiger partial charge in [0.1, 0.15) is 0 Å². The lowest BCUT2D eigenvalue weighted by atomic mass is 10.0. The van der Waals surface area contributed by atoms with Gasteiger partial charge in [-0.05, 0) is 59.2 Å². The predicted molar refractivity (Wildman–Crippen MR) is 143 cm³/mol. The molecule has 11 heteroatoms. The van der Waals surface area contributed by atoms with Crippen molar-refractivity contribution in [2.45, 2.75) is 25.7 Å². The zero-order chi connectivity index (χ0) is 27.7. The molecule has 0 saturated heterocycles. The van der Waals surface area contributed by atoms with Gasteiger partial charge in [0.2, 0.25) is 5.95 Å². The highest BCUT2D eigenvalue weighted by Gasteiger charge is 2.33. The van der Waals surface area contributed by atoms with Crippen molar-refractivity contribution < 1.29 is 22.4 Å². The first-order valence-corrected chi connectivity index (χ1v) is 12.8. The summed E-state index contributed by atoms with van der Waals surface area (Å²) in [6.45, 7) is 1.56. The summed E-state index contributed by atoms with van der Waals surface area (Å²) in [6, 6.07) is 11.0. The molecule has 2 aromatic heterocycles. The zero-order valence-corrected chi connectivity index (χ0v) is 21.9. The molecule has 202 valence electrons. The molecule has 0 bridgehead atoms. The van der Waals surface area contributed by atoms with Crippen molar-refractivity contribution in [3.63, 3.8) is 0 Å². The van der Waals surface area contributed by atoms with Gasteiger partial charge in [-0.25, -0.2) is 9.78 Å². The molecule has 0 saturated carbocycles. The third-order valence-electron chi connectivity index (χ3n) is 6.61. The predicted octanol–water partition coefficient (Wildman–Crippen LogP) is 7.33. The maximum absolute atomic E-state index is 13.6. The Kier molecular flexibility index (Phi) is 7.66. The minimum atomic E-state index is -4.52. The van der Waals surface area contributed by atoms with Crippen LogP contribution in [0, 0.1) is 5.95 Å². The molecule has 1 aliphatic rings. The Bertz CT molecular complexity index is 1580. The number of aromatic nitrogens is 2. The Labute approximate surface area is 231 Å². The number of amides is 1. The quantitative estimate of drug-likeness (QED) is 0.200. The fourth-order valence-corrected chi connectivity index (χ4v) is 5.05. The maximum atomic E-state index is 13.6.